The minimum atomic E-state index is -1.73. The minimum absolute atomic E-state index is 0.171. The number of hydrogen-bond donors (Lipinski definition) is 1. The molecule has 3 atom stereocenters. The maximum atomic E-state index is 9.86. The summed E-state index contributed by atoms with van der Waals surface area (Å²) >= 11 is 0. The van der Waals surface area contributed by atoms with Crippen molar-refractivity contribution in [3.05, 3.63) is 0 Å². The van der Waals surface area contributed by atoms with Crippen LogP contribution in [0.3, 0.4) is 0 Å². The Morgan fingerprint density at radius 1 is 1.29 bits per heavy atom. The highest BCUT2D eigenvalue weighted by atomic mass is 28.4. The van der Waals surface area contributed by atoms with Gasteiger partial charge in [-0.1, -0.05) is 20.8 Å². The van der Waals surface area contributed by atoms with E-state index >= 15 is 0 Å². The topological polar surface area (TPSA) is 32.7 Å². The Hall–Kier alpha value is 0.0969. The van der Waals surface area contributed by atoms with E-state index in [4.69, 9.17) is 4.43 Å². The quantitative estimate of drug-likeness (QED) is 0.773. The Morgan fingerprint density at radius 2 is 1.82 bits per heavy atom. The van der Waals surface area contributed by atoms with Gasteiger partial charge in [0, 0.05) is 19.0 Å². The SMILES string of the molecule is C[C@H]1[C@@H](O[Si](C)(C)C(C)(C)C)C[C@@H](O)CN1C. The largest absolute Gasteiger partial charge is 0.412 e. The van der Waals surface area contributed by atoms with Gasteiger partial charge in [-0.05, 0) is 32.1 Å². The Labute approximate surface area is 107 Å². The van der Waals surface area contributed by atoms with E-state index < -0.39 is 8.32 Å². The van der Waals surface area contributed by atoms with Gasteiger partial charge in [0.2, 0.25) is 0 Å². The van der Waals surface area contributed by atoms with Gasteiger partial charge < -0.3 is 9.53 Å². The lowest BCUT2D eigenvalue weighted by Gasteiger charge is -2.46. The standard InChI is InChI=1S/C13H29NO2Si/c1-10-12(8-11(15)9-14(10)5)16-17(6,7)13(2,3)4/h10-12,15H,8-9H2,1-7H3/t10-,11+,12-/m0/s1. The van der Waals surface area contributed by atoms with Crippen LogP contribution in [0.25, 0.3) is 0 Å². The Balaban J connectivity index is 2.73. The number of aliphatic hydroxyl groups is 1. The molecule has 1 heterocycles. The number of β-amino-alcohol motifs (C(OH)–C–C–N with tert-alkyl or cyclic N) is 1. The predicted molar refractivity (Wildman–Crippen MR) is 74.8 cm³/mol. The van der Waals surface area contributed by atoms with Crippen molar-refractivity contribution in [3.63, 3.8) is 0 Å². The Bertz CT molecular complexity index is 263. The monoisotopic (exact) mass is 259 g/mol. The summed E-state index contributed by atoms with van der Waals surface area (Å²) in [4.78, 5) is 2.20. The second-order valence-corrected chi connectivity index (χ2v) is 11.7. The maximum Gasteiger partial charge on any atom is 0.192 e. The van der Waals surface area contributed by atoms with Crippen LogP contribution in [0.4, 0.5) is 0 Å². The van der Waals surface area contributed by atoms with Crippen molar-refractivity contribution in [2.24, 2.45) is 0 Å². The molecule has 0 radical (unpaired) electrons. The Morgan fingerprint density at radius 3 is 2.29 bits per heavy atom. The summed E-state index contributed by atoms with van der Waals surface area (Å²) in [6, 6.07) is 0.396. The molecular weight excluding hydrogens is 230 g/mol. The lowest BCUT2D eigenvalue weighted by molar-refractivity contribution is -0.0262. The first-order valence-corrected chi connectivity index (χ1v) is 9.51. The van der Waals surface area contributed by atoms with Gasteiger partial charge in [-0.3, -0.25) is 4.90 Å². The average Bonchev–Trinajstić information content (AvgIpc) is 2.11. The molecule has 0 aromatic heterocycles. The van der Waals surface area contributed by atoms with Gasteiger partial charge in [-0.15, -0.1) is 0 Å². The van der Waals surface area contributed by atoms with E-state index in [0.717, 1.165) is 13.0 Å². The van der Waals surface area contributed by atoms with Crippen molar-refractivity contribution in [1.29, 1.82) is 0 Å². The molecule has 3 nitrogen and oxygen atoms in total. The summed E-state index contributed by atoms with van der Waals surface area (Å²) in [5.41, 5.74) is 0. The van der Waals surface area contributed by atoms with E-state index in [2.05, 4.69) is 52.7 Å². The molecule has 0 amide bonds. The van der Waals surface area contributed by atoms with E-state index in [1.807, 2.05) is 0 Å². The minimum Gasteiger partial charge on any atom is -0.412 e. The number of piperidine rings is 1. The van der Waals surface area contributed by atoms with Crippen LogP contribution in [-0.2, 0) is 4.43 Å². The summed E-state index contributed by atoms with van der Waals surface area (Å²) in [7, 11) is 0.333. The second kappa shape index (κ2) is 5.00. The summed E-state index contributed by atoms with van der Waals surface area (Å²) < 4.78 is 6.43. The predicted octanol–water partition coefficient (Wildman–Crippen LogP) is 2.46. The molecule has 0 saturated carbocycles. The zero-order valence-corrected chi connectivity index (χ0v) is 13.4. The summed E-state index contributed by atoms with van der Waals surface area (Å²) in [5, 5.41) is 10.1. The molecule has 1 saturated heterocycles. The normalized spacial score (nSPS) is 32.8. The van der Waals surface area contributed by atoms with Crippen LogP contribution in [-0.4, -0.2) is 50.2 Å². The number of nitrogens with zero attached hydrogens (tertiary/aromatic N) is 1. The number of rotatable bonds is 2. The van der Waals surface area contributed by atoms with Crippen LogP contribution < -0.4 is 0 Å². The van der Waals surface area contributed by atoms with Gasteiger partial charge in [-0.25, -0.2) is 0 Å². The van der Waals surface area contributed by atoms with E-state index in [1.165, 1.54) is 0 Å². The molecule has 1 aliphatic heterocycles. The molecule has 102 valence electrons. The summed E-state index contributed by atoms with van der Waals surface area (Å²) in [6.07, 6.45) is 0.702. The number of hydrogen-bond acceptors (Lipinski definition) is 3. The number of aliphatic hydroxyl groups excluding tert-OH is 1. The lowest BCUT2D eigenvalue weighted by atomic mass is 9.99. The van der Waals surface area contributed by atoms with Gasteiger partial charge >= 0.3 is 0 Å². The summed E-state index contributed by atoms with van der Waals surface area (Å²) in [5.74, 6) is 0. The van der Waals surface area contributed by atoms with Crippen molar-refractivity contribution in [1.82, 2.24) is 4.90 Å². The van der Waals surface area contributed by atoms with Crippen LogP contribution in [0.2, 0.25) is 18.1 Å². The molecule has 17 heavy (non-hydrogen) atoms. The maximum absolute atomic E-state index is 9.86. The van der Waals surface area contributed by atoms with Gasteiger partial charge in [-0.2, -0.15) is 0 Å². The van der Waals surface area contributed by atoms with E-state index in [9.17, 15) is 5.11 Å². The molecular formula is C13H29NO2Si. The first-order chi connectivity index (χ1) is 7.54. The third-order valence-electron chi connectivity index (χ3n) is 4.49. The first kappa shape index (κ1) is 15.2. The zero-order chi connectivity index (χ0) is 13.4. The summed E-state index contributed by atoms with van der Waals surface area (Å²) in [6.45, 7) is 14.3. The van der Waals surface area contributed by atoms with Gasteiger partial charge in [0.05, 0.1) is 12.2 Å². The molecule has 1 aliphatic rings. The molecule has 0 aliphatic carbocycles. The third-order valence-corrected chi connectivity index (χ3v) is 8.99. The van der Waals surface area contributed by atoms with Crippen molar-refractivity contribution >= 4 is 8.32 Å². The second-order valence-electron chi connectivity index (χ2n) is 6.99. The molecule has 1 N–H and O–H groups in total. The molecule has 0 aromatic carbocycles. The van der Waals surface area contributed by atoms with Gasteiger partial charge in [0.1, 0.15) is 0 Å². The fourth-order valence-electron chi connectivity index (χ4n) is 2.02. The van der Waals surface area contributed by atoms with Crippen LogP contribution in [0.15, 0.2) is 0 Å². The molecule has 4 heteroatoms. The number of likely N-dealkylation sites (N-methyl/N-ethyl adjacent to an activating group) is 1. The Kier molecular flexibility index (Phi) is 4.45. The van der Waals surface area contributed by atoms with Gasteiger partial charge in [0.25, 0.3) is 0 Å². The fourth-order valence-corrected chi connectivity index (χ4v) is 3.43. The third kappa shape index (κ3) is 3.53. The average molecular weight is 259 g/mol. The van der Waals surface area contributed by atoms with Crippen molar-refractivity contribution < 1.29 is 9.53 Å². The zero-order valence-electron chi connectivity index (χ0n) is 12.4. The molecule has 0 unspecified atom stereocenters. The highest BCUT2D eigenvalue weighted by Gasteiger charge is 2.42. The molecule has 1 fully saturated rings. The van der Waals surface area contributed by atoms with E-state index in [-0.39, 0.29) is 17.2 Å². The smallest absolute Gasteiger partial charge is 0.192 e. The van der Waals surface area contributed by atoms with Gasteiger partial charge in [0.15, 0.2) is 8.32 Å². The van der Waals surface area contributed by atoms with Crippen molar-refractivity contribution in [3.8, 4) is 0 Å². The molecule has 0 bridgehead atoms. The van der Waals surface area contributed by atoms with Crippen LogP contribution in [0.1, 0.15) is 34.1 Å². The number of likely N-dealkylation sites (tertiary alicyclic amines) is 1. The van der Waals surface area contributed by atoms with E-state index in [1.54, 1.807) is 0 Å². The molecule has 0 spiro atoms. The van der Waals surface area contributed by atoms with Crippen LogP contribution in [0, 0.1) is 0 Å². The van der Waals surface area contributed by atoms with Crippen LogP contribution in [0.5, 0.6) is 0 Å². The van der Waals surface area contributed by atoms with E-state index in [0.29, 0.717) is 6.04 Å². The van der Waals surface area contributed by atoms with Crippen molar-refractivity contribution in [2.45, 2.75) is 70.5 Å². The highest BCUT2D eigenvalue weighted by Crippen LogP contribution is 2.38. The van der Waals surface area contributed by atoms with Crippen LogP contribution >= 0.6 is 0 Å². The van der Waals surface area contributed by atoms with Crippen molar-refractivity contribution in [2.75, 3.05) is 13.6 Å². The fraction of sp³-hybridized carbons (Fsp3) is 1.00. The molecule has 1 rings (SSSR count). The highest BCUT2D eigenvalue weighted by molar-refractivity contribution is 6.74. The molecule has 0 aromatic rings. The lowest BCUT2D eigenvalue weighted by Crippen LogP contribution is -2.55. The first-order valence-electron chi connectivity index (χ1n) is 6.61.